The number of hydrogen-bond donors (Lipinski definition) is 2. The molecule has 1 aromatic carbocycles. The van der Waals surface area contributed by atoms with E-state index in [9.17, 15) is 9.59 Å². The molecule has 0 heterocycles. The van der Waals surface area contributed by atoms with Crippen molar-refractivity contribution in [3.05, 3.63) is 35.9 Å². The normalized spacial score (nSPS) is 19.8. The molecule has 2 saturated carbocycles. The van der Waals surface area contributed by atoms with Gasteiger partial charge in [0.15, 0.2) is 0 Å². The van der Waals surface area contributed by atoms with Crippen molar-refractivity contribution in [3.8, 4) is 0 Å². The minimum absolute atomic E-state index is 0.0280. The van der Waals surface area contributed by atoms with Gasteiger partial charge in [-0.15, -0.1) is 0 Å². The van der Waals surface area contributed by atoms with E-state index in [-0.39, 0.29) is 23.3 Å². The van der Waals surface area contributed by atoms with Crippen molar-refractivity contribution in [1.82, 2.24) is 10.6 Å². The Balaban J connectivity index is 1.46. The molecule has 0 unspecified atom stereocenters. The van der Waals surface area contributed by atoms with E-state index in [1.165, 1.54) is 5.56 Å². The second kappa shape index (κ2) is 7.16. The minimum atomic E-state index is -0.187. The van der Waals surface area contributed by atoms with Crippen molar-refractivity contribution in [2.75, 3.05) is 6.54 Å². The van der Waals surface area contributed by atoms with E-state index >= 15 is 0 Å². The van der Waals surface area contributed by atoms with Crippen molar-refractivity contribution in [2.45, 2.75) is 56.9 Å². The number of hydrogen-bond acceptors (Lipinski definition) is 2. The van der Waals surface area contributed by atoms with Crippen molar-refractivity contribution < 1.29 is 9.59 Å². The first-order chi connectivity index (χ1) is 11.2. The van der Waals surface area contributed by atoms with Gasteiger partial charge in [-0.05, 0) is 37.7 Å². The molecule has 0 aliphatic heterocycles. The highest BCUT2D eigenvalue weighted by Crippen LogP contribution is 2.41. The molecule has 0 radical (unpaired) electrons. The van der Waals surface area contributed by atoms with Gasteiger partial charge >= 0.3 is 0 Å². The highest BCUT2D eigenvalue weighted by Gasteiger charge is 2.39. The zero-order valence-corrected chi connectivity index (χ0v) is 13.6. The van der Waals surface area contributed by atoms with Crippen LogP contribution in [0.4, 0.5) is 0 Å². The number of rotatable bonds is 6. The molecule has 23 heavy (non-hydrogen) atoms. The van der Waals surface area contributed by atoms with Crippen molar-refractivity contribution in [3.63, 3.8) is 0 Å². The predicted molar refractivity (Wildman–Crippen MR) is 89.7 cm³/mol. The van der Waals surface area contributed by atoms with Gasteiger partial charge in [0, 0.05) is 18.9 Å². The van der Waals surface area contributed by atoms with Crippen LogP contribution in [0, 0.1) is 5.92 Å². The Morgan fingerprint density at radius 2 is 1.74 bits per heavy atom. The first-order valence-electron chi connectivity index (χ1n) is 8.84. The average Bonchev–Trinajstić information content (AvgIpc) is 3.06. The zero-order valence-electron chi connectivity index (χ0n) is 13.6. The van der Waals surface area contributed by atoms with E-state index in [0.717, 1.165) is 44.9 Å². The van der Waals surface area contributed by atoms with Crippen LogP contribution in [0.1, 0.15) is 56.9 Å². The molecule has 2 N–H and O–H groups in total. The number of amides is 2. The minimum Gasteiger partial charge on any atom is -0.355 e. The number of carbonyl (C=O) groups is 2. The van der Waals surface area contributed by atoms with E-state index in [1.54, 1.807) is 0 Å². The van der Waals surface area contributed by atoms with E-state index in [2.05, 4.69) is 22.8 Å². The van der Waals surface area contributed by atoms with Gasteiger partial charge in [0.05, 0.1) is 5.54 Å². The maximum absolute atomic E-state index is 12.3. The second-order valence-electron chi connectivity index (χ2n) is 6.87. The van der Waals surface area contributed by atoms with E-state index < -0.39 is 0 Å². The molecule has 4 nitrogen and oxygen atoms in total. The Labute approximate surface area is 138 Å². The molecule has 2 amide bonds. The largest absolute Gasteiger partial charge is 0.355 e. The summed E-state index contributed by atoms with van der Waals surface area (Å²) < 4.78 is 0. The monoisotopic (exact) mass is 314 g/mol. The van der Waals surface area contributed by atoms with E-state index in [0.29, 0.717) is 13.0 Å². The topological polar surface area (TPSA) is 58.2 Å². The van der Waals surface area contributed by atoms with Gasteiger partial charge in [-0.1, -0.05) is 43.2 Å². The molecule has 0 atom stereocenters. The molecule has 0 bridgehead atoms. The fraction of sp³-hybridized carbons (Fsp3) is 0.579. The summed E-state index contributed by atoms with van der Waals surface area (Å²) in [6, 6.07) is 10.2. The Hall–Kier alpha value is -1.84. The molecule has 2 fully saturated rings. The quantitative estimate of drug-likeness (QED) is 0.848. The molecule has 1 aromatic rings. The van der Waals surface area contributed by atoms with Crippen LogP contribution < -0.4 is 10.6 Å². The first-order valence-corrected chi connectivity index (χ1v) is 8.84. The van der Waals surface area contributed by atoms with E-state index in [4.69, 9.17) is 0 Å². The highest BCUT2D eigenvalue weighted by molar-refractivity contribution is 5.81. The summed E-state index contributed by atoms with van der Waals surface area (Å²) >= 11 is 0. The standard InChI is InChI=1S/C19H26N2O2/c22-17(11-14-20-18(23)15-7-4-5-8-15)21-19(12-6-13-19)16-9-2-1-3-10-16/h1-3,9-10,15H,4-8,11-14H2,(H,20,23)(H,21,22). The van der Waals surface area contributed by atoms with Gasteiger partial charge < -0.3 is 10.6 Å². The molecule has 0 saturated heterocycles. The molecule has 2 aliphatic rings. The third kappa shape index (κ3) is 3.74. The Morgan fingerprint density at radius 3 is 2.35 bits per heavy atom. The lowest BCUT2D eigenvalue weighted by atomic mass is 9.71. The first kappa shape index (κ1) is 16.0. The number of benzene rings is 1. The van der Waals surface area contributed by atoms with Crippen LogP contribution in [0.5, 0.6) is 0 Å². The lowest BCUT2D eigenvalue weighted by Gasteiger charge is -2.43. The summed E-state index contributed by atoms with van der Waals surface area (Å²) in [4.78, 5) is 24.2. The molecule has 3 rings (SSSR count). The lowest BCUT2D eigenvalue weighted by Crippen LogP contribution is -2.51. The highest BCUT2D eigenvalue weighted by atomic mass is 16.2. The molecule has 0 aromatic heterocycles. The predicted octanol–water partition coefficient (Wildman–Crippen LogP) is 2.88. The second-order valence-corrected chi connectivity index (χ2v) is 6.87. The van der Waals surface area contributed by atoms with Crippen LogP contribution in [0.25, 0.3) is 0 Å². The van der Waals surface area contributed by atoms with Crippen LogP contribution in [0.15, 0.2) is 30.3 Å². The summed E-state index contributed by atoms with van der Waals surface area (Å²) in [5.41, 5.74) is 1.00. The van der Waals surface area contributed by atoms with Gasteiger partial charge in [-0.2, -0.15) is 0 Å². The zero-order chi connectivity index (χ0) is 16.1. The molecule has 2 aliphatic carbocycles. The van der Waals surface area contributed by atoms with Crippen molar-refractivity contribution in [2.24, 2.45) is 5.92 Å². The molecule has 0 spiro atoms. The average molecular weight is 314 g/mol. The molecule has 4 heteroatoms. The maximum atomic E-state index is 12.3. The lowest BCUT2D eigenvalue weighted by molar-refractivity contribution is -0.125. The Bertz CT molecular complexity index is 546. The van der Waals surface area contributed by atoms with Crippen molar-refractivity contribution in [1.29, 1.82) is 0 Å². The Kier molecular flexibility index (Phi) is 4.99. The third-order valence-electron chi connectivity index (χ3n) is 5.29. The van der Waals surface area contributed by atoms with Crippen LogP contribution in [0.3, 0.4) is 0 Å². The Morgan fingerprint density at radius 1 is 1.04 bits per heavy atom. The fourth-order valence-electron chi connectivity index (χ4n) is 3.73. The molecular formula is C19H26N2O2. The third-order valence-corrected chi connectivity index (χ3v) is 5.29. The summed E-state index contributed by atoms with van der Waals surface area (Å²) in [7, 11) is 0. The van der Waals surface area contributed by atoms with Gasteiger partial charge in [-0.25, -0.2) is 0 Å². The van der Waals surface area contributed by atoms with Crippen LogP contribution >= 0.6 is 0 Å². The summed E-state index contributed by atoms with van der Waals surface area (Å²) in [5, 5.41) is 6.12. The SMILES string of the molecule is O=C(CCNC(=O)C1CCCC1)NC1(c2ccccc2)CCC1. The molecular weight excluding hydrogens is 288 g/mol. The number of nitrogens with one attached hydrogen (secondary N) is 2. The van der Waals surface area contributed by atoms with Crippen LogP contribution in [0.2, 0.25) is 0 Å². The van der Waals surface area contributed by atoms with Gasteiger partial charge in [0.25, 0.3) is 0 Å². The summed E-state index contributed by atoms with van der Waals surface area (Å²) in [6.45, 7) is 0.437. The van der Waals surface area contributed by atoms with Gasteiger partial charge in [0.2, 0.25) is 11.8 Å². The van der Waals surface area contributed by atoms with Crippen LogP contribution in [-0.4, -0.2) is 18.4 Å². The van der Waals surface area contributed by atoms with Crippen molar-refractivity contribution >= 4 is 11.8 Å². The maximum Gasteiger partial charge on any atom is 0.223 e. The van der Waals surface area contributed by atoms with Gasteiger partial charge in [-0.3, -0.25) is 9.59 Å². The smallest absolute Gasteiger partial charge is 0.223 e. The summed E-state index contributed by atoms with van der Waals surface area (Å²) in [6.07, 6.45) is 7.79. The molecule has 124 valence electrons. The number of carbonyl (C=O) groups excluding carboxylic acids is 2. The van der Waals surface area contributed by atoms with Crippen LogP contribution in [-0.2, 0) is 15.1 Å². The van der Waals surface area contributed by atoms with Gasteiger partial charge in [0.1, 0.15) is 0 Å². The van der Waals surface area contributed by atoms with E-state index in [1.807, 2.05) is 18.2 Å². The summed E-state index contributed by atoms with van der Waals surface area (Å²) in [5.74, 6) is 0.317. The fourth-order valence-corrected chi connectivity index (χ4v) is 3.73.